The second-order valence-electron chi connectivity index (χ2n) is 6.71. The van der Waals surface area contributed by atoms with Crippen LogP contribution in [0.25, 0.3) is 0 Å². The van der Waals surface area contributed by atoms with Crippen LogP contribution >= 0.6 is 0 Å². The molecule has 2 aromatic rings. The summed E-state index contributed by atoms with van der Waals surface area (Å²) in [4.78, 5) is 4.54. The van der Waals surface area contributed by atoms with Crippen molar-refractivity contribution < 1.29 is 9.84 Å². The monoisotopic (exact) mass is 373 g/mol. The van der Waals surface area contributed by atoms with Crippen LogP contribution in [0.5, 0.6) is 5.75 Å². The highest BCUT2D eigenvalue weighted by Gasteiger charge is 2.24. The minimum atomic E-state index is -1.08. The Morgan fingerprint density at radius 3 is 2.63 bits per heavy atom. The van der Waals surface area contributed by atoms with Crippen molar-refractivity contribution in [1.29, 1.82) is 0 Å². The lowest BCUT2D eigenvalue weighted by atomic mass is 10.0. The summed E-state index contributed by atoms with van der Waals surface area (Å²) in [6, 6.07) is 9.79. The van der Waals surface area contributed by atoms with Gasteiger partial charge in [0, 0.05) is 25.4 Å². The lowest BCUT2D eigenvalue weighted by Crippen LogP contribution is -2.43. The molecular formula is C20H31N5O2. The van der Waals surface area contributed by atoms with Crippen molar-refractivity contribution in [2.24, 2.45) is 12.0 Å². The summed E-state index contributed by atoms with van der Waals surface area (Å²) in [5, 5.41) is 21.3. The fourth-order valence-electron chi connectivity index (χ4n) is 2.54. The Morgan fingerprint density at radius 2 is 2.04 bits per heavy atom. The van der Waals surface area contributed by atoms with Crippen molar-refractivity contribution in [3.63, 3.8) is 0 Å². The Labute approximate surface area is 161 Å². The van der Waals surface area contributed by atoms with Crippen LogP contribution in [0.15, 0.2) is 47.7 Å². The van der Waals surface area contributed by atoms with Gasteiger partial charge in [-0.3, -0.25) is 4.68 Å². The van der Waals surface area contributed by atoms with Gasteiger partial charge in [-0.15, -0.1) is 0 Å². The van der Waals surface area contributed by atoms with Gasteiger partial charge in [-0.05, 0) is 32.4 Å². The van der Waals surface area contributed by atoms with Crippen LogP contribution in [-0.4, -0.2) is 46.6 Å². The van der Waals surface area contributed by atoms with Crippen LogP contribution in [0.4, 0.5) is 0 Å². The normalized spacial score (nSPS) is 15.1. The number of benzene rings is 1. The molecule has 148 valence electrons. The van der Waals surface area contributed by atoms with Gasteiger partial charge in [-0.2, -0.15) is 5.10 Å². The van der Waals surface area contributed by atoms with E-state index >= 15 is 0 Å². The van der Waals surface area contributed by atoms with E-state index in [0.29, 0.717) is 12.5 Å². The van der Waals surface area contributed by atoms with Crippen molar-refractivity contribution in [2.45, 2.75) is 38.9 Å². The number of hydrogen-bond acceptors (Lipinski definition) is 4. The number of ether oxygens (including phenoxy) is 1. The zero-order chi connectivity index (χ0) is 19.7. The van der Waals surface area contributed by atoms with Crippen molar-refractivity contribution in [3.05, 3.63) is 48.3 Å². The van der Waals surface area contributed by atoms with E-state index in [9.17, 15) is 5.11 Å². The Balaban J connectivity index is 1.95. The van der Waals surface area contributed by atoms with Crippen molar-refractivity contribution in [3.8, 4) is 5.75 Å². The van der Waals surface area contributed by atoms with Gasteiger partial charge in [-0.25, -0.2) is 4.99 Å². The molecule has 7 nitrogen and oxygen atoms in total. The van der Waals surface area contributed by atoms with E-state index < -0.39 is 5.60 Å². The molecule has 0 radical (unpaired) electrons. The molecule has 0 aliphatic heterocycles. The highest BCUT2D eigenvalue weighted by molar-refractivity contribution is 5.79. The van der Waals surface area contributed by atoms with E-state index in [-0.39, 0.29) is 12.6 Å². The van der Waals surface area contributed by atoms with Crippen molar-refractivity contribution in [1.82, 2.24) is 20.4 Å². The zero-order valence-electron chi connectivity index (χ0n) is 16.6. The van der Waals surface area contributed by atoms with Gasteiger partial charge in [0.15, 0.2) is 5.96 Å². The SMILES string of the molecule is CCNC(=NCC(C)(O)c1cnn(C)c1)NCC(CC)Oc1ccccc1. The van der Waals surface area contributed by atoms with Gasteiger partial charge in [-0.1, -0.05) is 25.1 Å². The number of hydrogen-bond donors (Lipinski definition) is 3. The summed E-state index contributed by atoms with van der Waals surface area (Å²) < 4.78 is 7.67. The summed E-state index contributed by atoms with van der Waals surface area (Å²) in [7, 11) is 1.83. The van der Waals surface area contributed by atoms with Gasteiger partial charge >= 0.3 is 0 Å². The first kappa shape index (κ1) is 20.8. The molecule has 2 rings (SSSR count). The number of rotatable bonds is 9. The molecule has 0 aliphatic rings. The molecule has 3 N–H and O–H groups in total. The van der Waals surface area contributed by atoms with Gasteiger partial charge in [0.05, 0.1) is 19.3 Å². The maximum atomic E-state index is 10.7. The van der Waals surface area contributed by atoms with E-state index in [0.717, 1.165) is 24.3 Å². The second kappa shape index (κ2) is 9.97. The molecule has 0 bridgehead atoms. The summed E-state index contributed by atoms with van der Waals surface area (Å²) in [5.74, 6) is 1.50. The van der Waals surface area contributed by atoms with Crippen LogP contribution in [0.2, 0.25) is 0 Å². The number of aryl methyl sites for hydroxylation is 1. The average Bonchev–Trinajstić information content (AvgIpc) is 3.11. The van der Waals surface area contributed by atoms with Crippen LogP contribution in [0.3, 0.4) is 0 Å². The highest BCUT2D eigenvalue weighted by atomic mass is 16.5. The Hall–Kier alpha value is -2.54. The average molecular weight is 374 g/mol. The number of aliphatic imine (C=N–C) groups is 1. The first-order chi connectivity index (χ1) is 12.9. The molecule has 27 heavy (non-hydrogen) atoms. The standard InChI is InChI=1S/C20H31N5O2/c1-5-17(27-18-10-8-7-9-11-18)13-22-19(21-6-2)23-15-20(3,26)16-12-24-25(4)14-16/h7-12,14,17,26H,5-6,13,15H2,1-4H3,(H2,21,22,23). The van der Waals surface area contributed by atoms with Gasteiger partial charge < -0.3 is 20.5 Å². The number of para-hydroxylation sites is 1. The lowest BCUT2D eigenvalue weighted by molar-refractivity contribution is 0.0671. The summed E-state index contributed by atoms with van der Waals surface area (Å²) in [6.45, 7) is 7.42. The fraction of sp³-hybridized carbons (Fsp3) is 0.500. The molecule has 7 heteroatoms. The van der Waals surface area contributed by atoms with Gasteiger partial charge in [0.25, 0.3) is 0 Å². The lowest BCUT2D eigenvalue weighted by Gasteiger charge is -2.22. The molecule has 0 saturated carbocycles. The smallest absolute Gasteiger partial charge is 0.191 e. The van der Waals surface area contributed by atoms with Crippen LogP contribution < -0.4 is 15.4 Å². The number of aliphatic hydroxyl groups is 1. The molecule has 0 amide bonds. The molecular weight excluding hydrogens is 342 g/mol. The third-order valence-corrected chi connectivity index (χ3v) is 4.21. The number of guanidine groups is 1. The molecule has 1 aromatic carbocycles. The van der Waals surface area contributed by atoms with E-state index in [2.05, 4.69) is 27.6 Å². The van der Waals surface area contributed by atoms with Gasteiger partial charge in [0.1, 0.15) is 17.5 Å². The van der Waals surface area contributed by atoms with Crippen LogP contribution in [0.1, 0.15) is 32.8 Å². The first-order valence-electron chi connectivity index (χ1n) is 9.40. The van der Waals surface area contributed by atoms with Gasteiger partial charge in [0.2, 0.25) is 0 Å². The summed E-state index contributed by atoms with van der Waals surface area (Å²) in [6.07, 6.45) is 4.36. The molecule has 0 spiro atoms. The molecule has 0 saturated heterocycles. The second-order valence-corrected chi connectivity index (χ2v) is 6.71. The summed E-state index contributed by atoms with van der Waals surface area (Å²) >= 11 is 0. The Kier molecular flexibility index (Phi) is 7.67. The molecule has 1 aromatic heterocycles. The van der Waals surface area contributed by atoms with Crippen molar-refractivity contribution in [2.75, 3.05) is 19.6 Å². The Bertz CT molecular complexity index is 712. The maximum Gasteiger partial charge on any atom is 0.191 e. The zero-order valence-corrected chi connectivity index (χ0v) is 16.6. The fourth-order valence-corrected chi connectivity index (χ4v) is 2.54. The topological polar surface area (TPSA) is 83.7 Å². The van der Waals surface area contributed by atoms with E-state index in [1.807, 2.05) is 44.3 Å². The van der Waals surface area contributed by atoms with E-state index in [1.54, 1.807) is 24.0 Å². The van der Waals surface area contributed by atoms with E-state index in [4.69, 9.17) is 4.74 Å². The highest BCUT2D eigenvalue weighted by Crippen LogP contribution is 2.19. The number of nitrogens with one attached hydrogen (secondary N) is 2. The number of nitrogens with zero attached hydrogens (tertiary/aromatic N) is 3. The van der Waals surface area contributed by atoms with E-state index in [1.165, 1.54) is 0 Å². The minimum Gasteiger partial charge on any atom is -0.489 e. The summed E-state index contributed by atoms with van der Waals surface area (Å²) in [5.41, 5.74) is -0.343. The predicted molar refractivity (Wildman–Crippen MR) is 108 cm³/mol. The molecule has 2 atom stereocenters. The quantitative estimate of drug-likeness (QED) is 0.463. The molecule has 2 unspecified atom stereocenters. The molecule has 0 fully saturated rings. The third-order valence-electron chi connectivity index (χ3n) is 4.21. The predicted octanol–water partition coefficient (Wildman–Crippen LogP) is 2.04. The number of aromatic nitrogens is 2. The minimum absolute atomic E-state index is 0.0232. The molecule has 1 heterocycles. The molecule has 0 aliphatic carbocycles. The third kappa shape index (κ3) is 6.60. The maximum absolute atomic E-state index is 10.7. The van der Waals surface area contributed by atoms with Crippen molar-refractivity contribution >= 4 is 5.96 Å². The van der Waals surface area contributed by atoms with Crippen LogP contribution in [0, 0.1) is 0 Å². The van der Waals surface area contributed by atoms with Crippen LogP contribution in [-0.2, 0) is 12.6 Å². The first-order valence-corrected chi connectivity index (χ1v) is 9.40. The Morgan fingerprint density at radius 1 is 1.30 bits per heavy atom. The largest absolute Gasteiger partial charge is 0.489 e.